The number of benzene rings is 1. The maximum Gasteiger partial charge on any atom is 0.0893 e. The molecule has 5 aromatic rings. The zero-order chi connectivity index (χ0) is 15.2. The molecule has 4 aromatic heterocycles. The van der Waals surface area contributed by atoms with Crippen molar-refractivity contribution in [2.75, 3.05) is 0 Å². The Morgan fingerprint density at radius 2 is 1.57 bits per heavy atom. The predicted molar refractivity (Wildman–Crippen MR) is 95.7 cm³/mol. The molecule has 23 heavy (non-hydrogen) atoms. The van der Waals surface area contributed by atoms with E-state index < -0.39 is 0 Å². The number of hydrogen-bond acceptors (Lipinski definition) is 4. The van der Waals surface area contributed by atoms with Crippen molar-refractivity contribution in [2.24, 2.45) is 0 Å². The van der Waals surface area contributed by atoms with Gasteiger partial charge in [-0.2, -0.15) is 0 Å². The van der Waals surface area contributed by atoms with Crippen LogP contribution in [0.5, 0.6) is 0 Å². The Kier molecular flexibility index (Phi) is 2.66. The fourth-order valence-electron chi connectivity index (χ4n) is 2.89. The summed E-state index contributed by atoms with van der Waals surface area (Å²) in [5, 5.41) is 4.69. The van der Waals surface area contributed by atoms with Gasteiger partial charge in [-0.15, -0.1) is 11.3 Å². The summed E-state index contributed by atoms with van der Waals surface area (Å²) in [6, 6.07) is 14.7. The van der Waals surface area contributed by atoms with E-state index in [1.165, 1.54) is 20.2 Å². The highest BCUT2D eigenvalue weighted by molar-refractivity contribution is 7.25. The molecule has 0 fully saturated rings. The second kappa shape index (κ2) is 4.83. The third kappa shape index (κ3) is 1.99. The Labute approximate surface area is 136 Å². The van der Waals surface area contributed by atoms with Crippen LogP contribution in [0.1, 0.15) is 0 Å². The second-order valence-corrected chi connectivity index (χ2v) is 6.54. The van der Waals surface area contributed by atoms with Gasteiger partial charge in [-0.25, -0.2) is 0 Å². The Hall–Kier alpha value is -2.85. The number of nitrogens with zero attached hydrogens (tertiary/aromatic N) is 3. The van der Waals surface area contributed by atoms with E-state index in [0.717, 1.165) is 22.2 Å². The van der Waals surface area contributed by atoms with Crippen LogP contribution in [0.4, 0.5) is 0 Å². The first-order valence-corrected chi connectivity index (χ1v) is 8.17. The first-order valence-electron chi connectivity index (χ1n) is 7.36. The van der Waals surface area contributed by atoms with Crippen LogP contribution >= 0.6 is 11.3 Å². The zero-order valence-electron chi connectivity index (χ0n) is 12.1. The van der Waals surface area contributed by atoms with Crippen LogP contribution in [-0.4, -0.2) is 15.0 Å². The van der Waals surface area contributed by atoms with Crippen LogP contribution < -0.4 is 0 Å². The Morgan fingerprint density at radius 3 is 2.57 bits per heavy atom. The minimum Gasteiger partial charge on any atom is -0.264 e. The zero-order valence-corrected chi connectivity index (χ0v) is 12.9. The first kappa shape index (κ1) is 12.7. The molecule has 0 saturated carbocycles. The molecule has 108 valence electrons. The van der Waals surface area contributed by atoms with E-state index in [-0.39, 0.29) is 0 Å². The van der Waals surface area contributed by atoms with Crippen molar-refractivity contribution in [1.29, 1.82) is 0 Å². The lowest BCUT2D eigenvalue weighted by Gasteiger charge is -2.02. The second-order valence-electron chi connectivity index (χ2n) is 5.46. The van der Waals surface area contributed by atoms with Gasteiger partial charge in [0.1, 0.15) is 0 Å². The Bertz CT molecular complexity index is 1180. The molecule has 0 spiro atoms. The fraction of sp³-hybridized carbons (Fsp3) is 0. The van der Waals surface area contributed by atoms with Crippen molar-refractivity contribution in [3.05, 3.63) is 67.3 Å². The normalized spacial score (nSPS) is 11.5. The van der Waals surface area contributed by atoms with Crippen molar-refractivity contribution in [2.45, 2.75) is 0 Å². The van der Waals surface area contributed by atoms with E-state index >= 15 is 0 Å². The van der Waals surface area contributed by atoms with Crippen LogP contribution in [0.25, 0.3) is 42.3 Å². The van der Waals surface area contributed by atoms with Gasteiger partial charge in [-0.1, -0.05) is 18.2 Å². The molecule has 4 heteroatoms. The summed E-state index contributed by atoms with van der Waals surface area (Å²) in [6.07, 6.45) is 7.44. The Balaban J connectivity index is 1.76. The molecule has 0 bridgehead atoms. The molecule has 0 aliphatic rings. The molecule has 0 aliphatic heterocycles. The molecular formula is C19H11N3S. The summed E-state index contributed by atoms with van der Waals surface area (Å²) in [7, 11) is 0. The molecule has 0 saturated heterocycles. The van der Waals surface area contributed by atoms with E-state index in [1.807, 2.05) is 24.7 Å². The van der Waals surface area contributed by atoms with Crippen molar-refractivity contribution in [3.8, 4) is 11.4 Å². The molecular weight excluding hydrogens is 302 g/mol. The molecule has 0 atom stereocenters. The maximum atomic E-state index is 4.61. The van der Waals surface area contributed by atoms with E-state index in [2.05, 4.69) is 51.4 Å². The predicted octanol–water partition coefficient (Wildman–Crippen LogP) is 5.06. The Morgan fingerprint density at radius 1 is 0.696 bits per heavy atom. The van der Waals surface area contributed by atoms with E-state index in [0.29, 0.717) is 0 Å². The molecule has 4 heterocycles. The minimum absolute atomic E-state index is 0.890. The quantitative estimate of drug-likeness (QED) is 0.434. The number of fused-ring (bicyclic) bond motifs is 4. The molecule has 1 aromatic carbocycles. The van der Waals surface area contributed by atoms with E-state index in [9.17, 15) is 0 Å². The van der Waals surface area contributed by atoms with Gasteiger partial charge in [-0.3, -0.25) is 15.0 Å². The number of hydrogen-bond donors (Lipinski definition) is 0. The van der Waals surface area contributed by atoms with Crippen molar-refractivity contribution < 1.29 is 0 Å². The highest BCUT2D eigenvalue weighted by Gasteiger charge is 2.08. The van der Waals surface area contributed by atoms with Gasteiger partial charge in [0.05, 0.1) is 16.1 Å². The van der Waals surface area contributed by atoms with Gasteiger partial charge in [-0.05, 0) is 29.7 Å². The molecule has 0 aliphatic carbocycles. The van der Waals surface area contributed by atoms with Crippen LogP contribution in [0.15, 0.2) is 67.3 Å². The van der Waals surface area contributed by atoms with Gasteiger partial charge in [0.25, 0.3) is 0 Å². The van der Waals surface area contributed by atoms with Crippen LogP contribution in [0.3, 0.4) is 0 Å². The SMILES string of the molecule is c1ccc2c(c1)sc1cnc(-c3cc4ccncc4cn3)cc12. The van der Waals surface area contributed by atoms with Crippen LogP contribution in [0, 0.1) is 0 Å². The smallest absolute Gasteiger partial charge is 0.0893 e. The summed E-state index contributed by atoms with van der Waals surface area (Å²) in [5.74, 6) is 0. The van der Waals surface area contributed by atoms with Crippen LogP contribution in [0.2, 0.25) is 0 Å². The fourth-order valence-corrected chi connectivity index (χ4v) is 3.95. The monoisotopic (exact) mass is 313 g/mol. The number of rotatable bonds is 1. The number of thiophene rings is 1. The van der Waals surface area contributed by atoms with Crippen molar-refractivity contribution >= 4 is 42.3 Å². The first-order chi connectivity index (χ1) is 11.4. The van der Waals surface area contributed by atoms with Gasteiger partial charge in [0, 0.05) is 45.6 Å². The standard InChI is InChI=1S/C19H11N3S/c1-2-4-18-14(3-1)15-8-17(22-11-19(15)23-18)16-7-12-5-6-20-9-13(12)10-21-16/h1-11H. The van der Waals surface area contributed by atoms with Crippen molar-refractivity contribution in [3.63, 3.8) is 0 Å². The molecule has 0 unspecified atom stereocenters. The molecule has 5 rings (SSSR count). The van der Waals surface area contributed by atoms with E-state index in [1.54, 1.807) is 17.5 Å². The average molecular weight is 313 g/mol. The molecule has 0 radical (unpaired) electrons. The van der Waals surface area contributed by atoms with Crippen LogP contribution in [-0.2, 0) is 0 Å². The third-order valence-electron chi connectivity index (χ3n) is 4.05. The minimum atomic E-state index is 0.890. The molecule has 0 N–H and O–H groups in total. The van der Waals surface area contributed by atoms with Crippen molar-refractivity contribution in [1.82, 2.24) is 15.0 Å². The highest BCUT2D eigenvalue weighted by Crippen LogP contribution is 2.35. The molecule has 0 amide bonds. The number of pyridine rings is 3. The topological polar surface area (TPSA) is 38.7 Å². The summed E-state index contributed by atoms with van der Waals surface area (Å²) >= 11 is 1.78. The highest BCUT2D eigenvalue weighted by atomic mass is 32.1. The van der Waals surface area contributed by atoms with Gasteiger partial charge < -0.3 is 0 Å². The maximum absolute atomic E-state index is 4.61. The lowest BCUT2D eigenvalue weighted by Crippen LogP contribution is -1.87. The van der Waals surface area contributed by atoms with Gasteiger partial charge >= 0.3 is 0 Å². The summed E-state index contributed by atoms with van der Waals surface area (Å²) in [4.78, 5) is 13.3. The van der Waals surface area contributed by atoms with Gasteiger partial charge in [0.2, 0.25) is 0 Å². The summed E-state index contributed by atoms with van der Waals surface area (Å²) in [6.45, 7) is 0. The lowest BCUT2D eigenvalue weighted by atomic mass is 10.1. The summed E-state index contributed by atoms with van der Waals surface area (Å²) < 4.78 is 2.50. The third-order valence-corrected chi connectivity index (χ3v) is 5.17. The largest absolute Gasteiger partial charge is 0.264 e. The van der Waals surface area contributed by atoms with E-state index in [4.69, 9.17) is 0 Å². The molecule has 3 nitrogen and oxygen atoms in total. The van der Waals surface area contributed by atoms with Gasteiger partial charge in [0.15, 0.2) is 0 Å². The average Bonchev–Trinajstić information content (AvgIpc) is 2.99. The summed E-state index contributed by atoms with van der Waals surface area (Å²) in [5.41, 5.74) is 1.79. The number of aromatic nitrogens is 3. The lowest BCUT2D eigenvalue weighted by molar-refractivity contribution is 1.27.